The Bertz CT molecular complexity index is 508. The van der Waals surface area contributed by atoms with E-state index < -0.39 is 0 Å². The van der Waals surface area contributed by atoms with E-state index in [4.69, 9.17) is 5.73 Å². The molecule has 3 N–H and O–H groups in total. The molecule has 1 heterocycles. The first kappa shape index (κ1) is 11.5. The molecule has 0 aliphatic heterocycles. The Hall–Kier alpha value is -2.03. The van der Waals surface area contributed by atoms with Crippen LogP contribution >= 0.6 is 0 Å². The molecule has 2 rings (SSSR count). The molecule has 0 aliphatic carbocycles. The summed E-state index contributed by atoms with van der Waals surface area (Å²) in [5, 5.41) is 3.36. The number of benzene rings is 1. The number of hydrogen-bond acceptors (Lipinski definition) is 3. The highest BCUT2D eigenvalue weighted by atomic mass is 15.0. The van der Waals surface area contributed by atoms with Crippen LogP contribution in [0.1, 0.15) is 24.2 Å². The highest BCUT2D eigenvalue weighted by molar-refractivity contribution is 5.45. The van der Waals surface area contributed by atoms with Crippen molar-refractivity contribution in [1.82, 2.24) is 4.98 Å². The summed E-state index contributed by atoms with van der Waals surface area (Å²) in [6.07, 6.45) is 0. The standard InChI is InChI=1S/C14H17N3/c1-10-5-3-8-14(16-10)17-11(2)12-6-4-7-13(15)9-12/h3-9,11H,15H2,1-2H3,(H,16,17). The van der Waals surface area contributed by atoms with Crippen LogP contribution in [0.25, 0.3) is 0 Å². The Labute approximate surface area is 102 Å². The van der Waals surface area contributed by atoms with Gasteiger partial charge >= 0.3 is 0 Å². The quantitative estimate of drug-likeness (QED) is 0.792. The normalized spacial score (nSPS) is 12.1. The molecule has 1 atom stereocenters. The van der Waals surface area contributed by atoms with Crippen molar-refractivity contribution in [3.05, 3.63) is 53.7 Å². The van der Waals surface area contributed by atoms with Gasteiger partial charge in [-0.05, 0) is 43.7 Å². The number of nitrogen functional groups attached to an aromatic ring is 1. The summed E-state index contributed by atoms with van der Waals surface area (Å²) in [5.41, 5.74) is 8.73. The number of aromatic nitrogens is 1. The van der Waals surface area contributed by atoms with Crippen LogP contribution in [0.5, 0.6) is 0 Å². The molecule has 1 aromatic carbocycles. The summed E-state index contributed by atoms with van der Waals surface area (Å²) in [4.78, 5) is 4.42. The molecule has 2 aromatic rings. The van der Waals surface area contributed by atoms with Crippen molar-refractivity contribution >= 4 is 11.5 Å². The van der Waals surface area contributed by atoms with E-state index in [9.17, 15) is 0 Å². The summed E-state index contributed by atoms with van der Waals surface area (Å²) in [6, 6.07) is 14.0. The van der Waals surface area contributed by atoms with Crippen LogP contribution in [0.2, 0.25) is 0 Å². The molecule has 88 valence electrons. The Morgan fingerprint density at radius 3 is 2.65 bits per heavy atom. The van der Waals surface area contributed by atoms with Crippen molar-refractivity contribution in [1.29, 1.82) is 0 Å². The number of nitrogens with one attached hydrogen (secondary N) is 1. The third-order valence-corrected chi connectivity index (χ3v) is 2.66. The maximum absolute atomic E-state index is 5.77. The second-order valence-corrected chi connectivity index (χ2v) is 4.20. The fraction of sp³-hybridized carbons (Fsp3) is 0.214. The average Bonchev–Trinajstić information content (AvgIpc) is 2.29. The molecule has 1 aromatic heterocycles. The summed E-state index contributed by atoms with van der Waals surface area (Å²) in [5.74, 6) is 0.889. The van der Waals surface area contributed by atoms with Gasteiger partial charge in [-0.2, -0.15) is 0 Å². The molecule has 0 saturated heterocycles. The SMILES string of the molecule is Cc1cccc(NC(C)c2cccc(N)c2)n1. The lowest BCUT2D eigenvalue weighted by Crippen LogP contribution is -2.08. The summed E-state index contributed by atoms with van der Waals surface area (Å²) < 4.78 is 0. The van der Waals surface area contributed by atoms with Crippen molar-refractivity contribution in [3.8, 4) is 0 Å². The lowest BCUT2D eigenvalue weighted by Gasteiger charge is -2.15. The number of nitrogens with zero attached hydrogens (tertiary/aromatic N) is 1. The highest BCUT2D eigenvalue weighted by Crippen LogP contribution is 2.19. The first-order chi connectivity index (χ1) is 8.15. The van der Waals surface area contributed by atoms with Gasteiger partial charge in [-0.1, -0.05) is 18.2 Å². The van der Waals surface area contributed by atoms with Crippen LogP contribution in [0.4, 0.5) is 11.5 Å². The number of pyridine rings is 1. The summed E-state index contributed by atoms with van der Waals surface area (Å²) >= 11 is 0. The number of anilines is 2. The molecule has 0 aliphatic rings. The first-order valence-electron chi connectivity index (χ1n) is 5.71. The van der Waals surface area contributed by atoms with E-state index in [2.05, 4.69) is 23.3 Å². The maximum atomic E-state index is 5.77. The minimum absolute atomic E-state index is 0.188. The van der Waals surface area contributed by atoms with Crippen LogP contribution in [0.15, 0.2) is 42.5 Å². The van der Waals surface area contributed by atoms with Gasteiger partial charge in [0.05, 0.1) is 6.04 Å². The second-order valence-electron chi connectivity index (χ2n) is 4.20. The van der Waals surface area contributed by atoms with Gasteiger partial charge in [0, 0.05) is 11.4 Å². The monoisotopic (exact) mass is 227 g/mol. The van der Waals surface area contributed by atoms with Gasteiger partial charge in [0.25, 0.3) is 0 Å². The van der Waals surface area contributed by atoms with Crippen LogP contribution in [-0.4, -0.2) is 4.98 Å². The van der Waals surface area contributed by atoms with Gasteiger partial charge in [0.15, 0.2) is 0 Å². The molecular weight excluding hydrogens is 210 g/mol. The molecule has 17 heavy (non-hydrogen) atoms. The molecule has 0 bridgehead atoms. The topological polar surface area (TPSA) is 50.9 Å². The Balaban J connectivity index is 2.14. The van der Waals surface area contributed by atoms with Crippen molar-refractivity contribution < 1.29 is 0 Å². The van der Waals surface area contributed by atoms with E-state index in [0.717, 1.165) is 22.8 Å². The van der Waals surface area contributed by atoms with Gasteiger partial charge in [-0.25, -0.2) is 4.98 Å². The van der Waals surface area contributed by atoms with Gasteiger partial charge in [0.1, 0.15) is 5.82 Å². The second kappa shape index (κ2) is 4.87. The van der Waals surface area contributed by atoms with Gasteiger partial charge in [0.2, 0.25) is 0 Å². The highest BCUT2D eigenvalue weighted by Gasteiger charge is 2.05. The Morgan fingerprint density at radius 1 is 1.18 bits per heavy atom. The minimum Gasteiger partial charge on any atom is -0.399 e. The number of aryl methyl sites for hydroxylation is 1. The van der Waals surface area contributed by atoms with Crippen molar-refractivity contribution in [2.45, 2.75) is 19.9 Å². The van der Waals surface area contributed by atoms with E-state index in [1.807, 2.05) is 43.3 Å². The predicted molar refractivity (Wildman–Crippen MR) is 71.9 cm³/mol. The van der Waals surface area contributed by atoms with E-state index in [1.54, 1.807) is 0 Å². The number of rotatable bonds is 3. The molecule has 0 radical (unpaired) electrons. The third kappa shape index (κ3) is 2.97. The lowest BCUT2D eigenvalue weighted by atomic mass is 10.1. The molecule has 0 fully saturated rings. The minimum atomic E-state index is 0.188. The largest absolute Gasteiger partial charge is 0.399 e. The molecule has 1 unspecified atom stereocenters. The predicted octanol–water partition coefficient (Wildman–Crippen LogP) is 3.15. The zero-order valence-corrected chi connectivity index (χ0v) is 10.1. The number of nitrogens with two attached hydrogens (primary N) is 1. The Morgan fingerprint density at radius 2 is 1.94 bits per heavy atom. The first-order valence-corrected chi connectivity index (χ1v) is 5.71. The fourth-order valence-corrected chi connectivity index (χ4v) is 1.76. The van der Waals surface area contributed by atoms with Crippen LogP contribution < -0.4 is 11.1 Å². The van der Waals surface area contributed by atoms with E-state index in [1.165, 1.54) is 0 Å². The molecule has 3 nitrogen and oxygen atoms in total. The van der Waals surface area contributed by atoms with Gasteiger partial charge in [-0.15, -0.1) is 0 Å². The Kier molecular flexibility index (Phi) is 3.28. The van der Waals surface area contributed by atoms with E-state index in [-0.39, 0.29) is 6.04 Å². The van der Waals surface area contributed by atoms with Crippen molar-refractivity contribution in [2.75, 3.05) is 11.1 Å². The van der Waals surface area contributed by atoms with Crippen LogP contribution in [0, 0.1) is 6.92 Å². The molecular formula is C14H17N3. The smallest absolute Gasteiger partial charge is 0.126 e. The van der Waals surface area contributed by atoms with E-state index in [0.29, 0.717) is 0 Å². The molecule has 0 saturated carbocycles. The zero-order chi connectivity index (χ0) is 12.3. The summed E-state index contributed by atoms with van der Waals surface area (Å²) in [7, 11) is 0. The van der Waals surface area contributed by atoms with Crippen LogP contribution in [-0.2, 0) is 0 Å². The van der Waals surface area contributed by atoms with Crippen molar-refractivity contribution in [2.24, 2.45) is 0 Å². The fourth-order valence-electron chi connectivity index (χ4n) is 1.76. The van der Waals surface area contributed by atoms with Crippen molar-refractivity contribution in [3.63, 3.8) is 0 Å². The lowest BCUT2D eigenvalue weighted by molar-refractivity contribution is 0.873. The maximum Gasteiger partial charge on any atom is 0.126 e. The van der Waals surface area contributed by atoms with Crippen LogP contribution in [0.3, 0.4) is 0 Å². The van der Waals surface area contributed by atoms with E-state index >= 15 is 0 Å². The molecule has 3 heteroatoms. The summed E-state index contributed by atoms with van der Waals surface area (Å²) in [6.45, 7) is 4.08. The zero-order valence-electron chi connectivity index (χ0n) is 10.1. The third-order valence-electron chi connectivity index (χ3n) is 2.66. The average molecular weight is 227 g/mol. The van der Waals surface area contributed by atoms with Gasteiger partial charge < -0.3 is 11.1 Å². The molecule has 0 amide bonds. The molecule has 0 spiro atoms. The number of hydrogen-bond donors (Lipinski definition) is 2. The van der Waals surface area contributed by atoms with Gasteiger partial charge in [-0.3, -0.25) is 0 Å².